The molecule has 1 fully saturated rings. The van der Waals surface area contributed by atoms with Crippen LogP contribution in [0.1, 0.15) is 32.1 Å². The quantitative estimate of drug-likeness (QED) is 0.735. The number of carbonyl (C=O) groups excluding carboxylic acids is 1. The van der Waals surface area contributed by atoms with Crippen molar-refractivity contribution < 1.29 is 13.2 Å². The Morgan fingerprint density at radius 1 is 1.07 bits per heavy atom. The zero-order valence-electron chi connectivity index (χ0n) is 15.5. The Balaban J connectivity index is 1.61. The molecular weight excluding hydrogens is 440 g/mol. The summed E-state index contributed by atoms with van der Waals surface area (Å²) in [5.41, 5.74) is 2.01. The van der Waals surface area contributed by atoms with Gasteiger partial charge in [-0.25, -0.2) is 8.42 Å². The first kappa shape index (κ1) is 19.5. The second-order valence-corrected chi connectivity index (χ2v) is 10.2. The average Bonchev–Trinajstić information content (AvgIpc) is 2.71. The molecule has 1 aliphatic heterocycles. The Labute approximate surface area is 174 Å². The van der Waals surface area contributed by atoms with Gasteiger partial charge in [0, 0.05) is 22.1 Å². The van der Waals surface area contributed by atoms with Crippen LogP contribution in [0.2, 0.25) is 0 Å². The largest absolute Gasteiger partial charge is 0.354 e. The zero-order valence-corrected chi connectivity index (χ0v) is 17.9. The third-order valence-electron chi connectivity index (χ3n) is 5.57. The molecule has 1 N–H and O–H groups in total. The molecule has 0 saturated heterocycles. The normalized spacial score (nSPS) is 18.2. The van der Waals surface area contributed by atoms with E-state index >= 15 is 0 Å². The van der Waals surface area contributed by atoms with E-state index in [1.165, 1.54) is 23.6 Å². The molecule has 0 bridgehead atoms. The molecule has 1 aliphatic carbocycles. The van der Waals surface area contributed by atoms with Crippen molar-refractivity contribution in [2.75, 3.05) is 17.4 Å². The first-order valence-electron chi connectivity index (χ1n) is 9.65. The lowest BCUT2D eigenvalue weighted by Gasteiger charge is -2.32. The number of amides is 1. The van der Waals surface area contributed by atoms with Crippen molar-refractivity contribution in [3.05, 3.63) is 46.9 Å². The molecule has 2 aliphatic rings. The summed E-state index contributed by atoms with van der Waals surface area (Å²) in [5.74, 6) is 0.238. The van der Waals surface area contributed by atoms with E-state index in [-0.39, 0.29) is 17.3 Å². The molecule has 0 spiro atoms. The second-order valence-electron chi connectivity index (χ2n) is 7.48. The Morgan fingerprint density at radius 3 is 2.61 bits per heavy atom. The van der Waals surface area contributed by atoms with Crippen LogP contribution in [0.3, 0.4) is 0 Å². The van der Waals surface area contributed by atoms with Crippen LogP contribution in [-0.2, 0) is 14.8 Å². The van der Waals surface area contributed by atoms with E-state index in [2.05, 4.69) is 21.2 Å². The fraction of sp³-hybridized carbons (Fsp3) is 0.381. The number of rotatable bonds is 4. The van der Waals surface area contributed by atoms with Crippen LogP contribution in [-0.4, -0.2) is 27.4 Å². The van der Waals surface area contributed by atoms with E-state index in [0.29, 0.717) is 23.7 Å². The number of nitrogens with zero attached hydrogens (tertiary/aromatic N) is 1. The topological polar surface area (TPSA) is 66.5 Å². The summed E-state index contributed by atoms with van der Waals surface area (Å²) in [5, 5.41) is 2.95. The van der Waals surface area contributed by atoms with Gasteiger partial charge in [-0.1, -0.05) is 53.4 Å². The van der Waals surface area contributed by atoms with Gasteiger partial charge in [-0.05, 0) is 43.0 Å². The summed E-state index contributed by atoms with van der Waals surface area (Å²) in [7, 11) is -3.79. The third-order valence-corrected chi connectivity index (χ3v) is 7.88. The third kappa shape index (κ3) is 3.70. The highest BCUT2D eigenvalue weighted by Gasteiger charge is 2.35. The Bertz CT molecular complexity index is 1000. The SMILES string of the molecule is O=C(CN1c2ccc(Br)cc2-c2ccccc2S1(=O)=O)NCC1CCCCC1. The number of hydrogen-bond acceptors (Lipinski definition) is 3. The number of hydrogen-bond donors (Lipinski definition) is 1. The van der Waals surface area contributed by atoms with E-state index in [1.54, 1.807) is 30.3 Å². The lowest BCUT2D eigenvalue weighted by atomic mass is 9.89. The number of carbonyl (C=O) groups is 1. The van der Waals surface area contributed by atoms with Crippen molar-refractivity contribution >= 4 is 37.5 Å². The molecule has 2 aromatic carbocycles. The minimum absolute atomic E-state index is 0.210. The van der Waals surface area contributed by atoms with E-state index in [4.69, 9.17) is 0 Å². The summed E-state index contributed by atoms with van der Waals surface area (Å²) < 4.78 is 28.5. The van der Waals surface area contributed by atoms with Gasteiger partial charge in [0.15, 0.2) is 0 Å². The standard InChI is InChI=1S/C21H23BrN2O3S/c22-16-10-11-19-18(12-16)17-8-4-5-9-20(17)28(26,27)24(19)14-21(25)23-13-15-6-2-1-3-7-15/h4-5,8-12,15H,1-3,6-7,13-14H2,(H,23,25). The van der Waals surface area contributed by atoms with E-state index in [0.717, 1.165) is 22.9 Å². The highest BCUT2D eigenvalue weighted by Crippen LogP contribution is 2.43. The number of halogens is 1. The molecule has 0 radical (unpaired) electrons. The fourth-order valence-electron chi connectivity index (χ4n) is 4.11. The van der Waals surface area contributed by atoms with Crippen molar-refractivity contribution in [2.45, 2.75) is 37.0 Å². The van der Waals surface area contributed by atoms with Crippen molar-refractivity contribution in [3.63, 3.8) is 0 Å². The van der Waals surface area contributed by atoms with Crippen LogP contribution in [0, 0.1) is 5.92 Å². The van der Waals surface area contributed by atoms with Gasteiger partial charge < -0.3 is 5.32 Å². The van der Waals surface area contributed by atoms with Gasteiger partial charge in [0.2, 0.25) is 5.91 Å². The number of sulfonamides is 1. The van der Waals surface area contributed by atoms with Crippen LogP contribution >= 0.6 is 15.9 Å². The maximum atomic E-state index is 13.2. The molecule has 148 valence electrons. The van der Waals surface area contributed by atoms with Gasteiger partial charge in [-0.2, -0.15) is 0 Å². The Hall–Kier alpha value is -1.86. The molecule has 1 saturated carbocycles. The highest BCUT2D eigenvalue weighted by atomic mass is 79.9. The molecule has 5 nitrogen and oxygen atoms in total. The van der Waals surface area contributed by atoms with Gasteiger partial charge >= 0.3 is 0 Å². The molecule has 7 heteroatoms. The van der Waals surface area contributed by atoms with Crippen molar-refractivity contribution in [1.82, 2.24) is 5.32 Å². The van der Waals surface area contributed by atoms with Crippen molar-refractivity contribution in [2.24, 2.45) is 5.92 Å². The lowest BCUT2D eigenvalue weighted by Crippen LogP contribution is -2.43. The van der Waals surface area contributed by atoms with E-state index in [9.17, 15) is 13.2 Å². The molecule has 0 atom stereocenters. The molecule has 0 unspecified atom stereocenters. The zero-order chi connectivity index (χ0) is 19.7. The van der Waals surface area contributed by atoms with Crippen molar-refractivity contribution in [1.29, 1.82) is 0 Å². The average molecular weight is 463 g/mol. The second kappa shape index (κ2) is 7.87. The number of nitrogens with one attached hydrogen (secondary N) is 1. The summed E-state index contributed by atoms with van der Waals surface area (Å²) in [6, 6.07) is 12.4. The summed E-state index contributed by atoms with van der Waals surface area (Å²) in [6.07, 6.45) is 5.95. The Morgan fingerprint density at radius 2 is 1.82 bits per heavy atom. The van der Waals surface area contributed by atoms with Crippen molar-refractivity contribution in [3.8, 4) is 11.1 Å². The summed E-state index contributed by atoms with van der Waals surface area (Å²) in [4.78, 5) is 12.8. The highest BCUT2D eigenvalue weighted by molar-refractivity contribution is 9.10. The van der Waals surface area contributed by atoms with Gasteiger partial charge in [-0.15, -0.1) is 0 Å². The van der Waals surface area contributed by atoms with E-state index < -0.39 is 10.0 Å². The van der Waals surface area contributed by atoms with Gasteiger partial charge in [0.05, 0.1) is 10.6 Å². The molecular formula is C21H23BrN2O3S. The first-order valence-corrected chi connectivity index (χ1v) is 11.9. The predicted molar refractivity (Wildman–Crippen MR) is 114 cm³/mol. The monoisotopic (exact) mass is 462 g/mol. The van der Waals surface area contributed by atoms with Crippen LogP contribution in [0.25, 0.3) is 11.1 Å². The summed E-state index contributed by atoms with van der Waals surface area (Å²) in [6.45, 7) is 0.411. The molecule has 1 amide bonds. The first-order chi connectivity index (χ1) is 13.5. The minimum Gasteiger partial charge on any atom is -0.354 e. The minimum atomic E-state index is -3.79. The predicted octanol–water partition coefficient (Wildman–Crippen LogP) is 4.32. The molecule has 28 heavy (non-hydrogen) atoms. The summed E-state index contributed by atoms with van der Waals surface area (Å²) >= 11 is 3.46. The van der Waals surface area contributed by atoms with Gasteiger partial charge in [0.25, 0.3) is 10.0 Å². The maximum Gasteiger partial charge on any atom is 0.265 e. The molecule has 4 rings (SSSR count). The number of fused-ring (bicyclic) bond motifs is 3. The molecule has 2 aromatic rings. The molecule has 0 aromatic heterocycles. The lowest BCUT2D eigenvalue weighted by molar-refractivity contribution is -0.119. The smallest absolute Gasteiger partial charge is 0.265 e. The van der Waals surface area contributed by atoms with Crippen LogP contribution < -0.4 is 9.62 Å². The van der Waals surface area contributed by atoms with Crippen LogP contribution in [0.5, 0.6) is 0 Å². The number of benzene rings is 2. The Kier molecular flexibility index (Phi) is 5.47. The van der Waals surface area contributed by atoms with Crippen LogP contribution in [0.15, 0.2) is 51.8 Å². The number of anilines is 1. The van der Waals surface area contributed by atoms with E-state index in [1.807, 2.05) is 12.1 Å². The van der Waals surface area contributed by atoms with Crippen LogP contribution in [0.4, 0.5) is 5.69 Å². The fourth-order valence-corrected chi connectivity index (χ4v) is 6.12. The van der Waals surface area contributed by atoms with Gasteiger partial charge in [-0.3, -0.25) is 9.10 Å². The maximum absolute atomic E-state index is 13.2. The van der Waals surface area contributed by atoms with Gasteiger partial charge in [0.1, 0.15) is 6.54 Å². The molecule has 1 heterocycles.